The van der Waals surface area contributed by atoms with E-state index in [9.17, 15) is 9.18 Å². The van der Waals surface area contributed by atoms with Crippen molar-refractivity contribution in [1.82, 2.24) is 10.3 Å². The molecule has 2 aromatic rings. The number of carboxylic acids is 1. The van der Waals surface area contributed by atoms with Gasteiger partial charge in [-0.2, -0.15) is 0 Å². The number of aromatic nitrogens is 1. The zero-order valence-electron chi connectivity index (χ0n) is 11.0. The molecule has 0 bridgehead atoms. The van der Waals surface area contributed by atoms with Gasteiger partial charge in [-0.05, 0) is 24.6 Å². The van der Waals surface area contributed by atoms with Gasteiger partial charge in [-0.3, -0.25) is 0 Å². The Kier molecular flexibility index (Phi) is 4.81. The van der Waals surface area contributed by atoms with Crippen LogP contribution in [0.3, 0.4) is 0 Å². The van der Waals surface area contributed by atoms with E-state index in [0.717, 1.165) is 11.4 Å². The van der Waals surface area contributed by atoms with Gasteiger partial charge in [-0.25, -0.2) is 14.2 Å². The Balaban J connectivity index is 2.10. The van der Waals surface area contributed by atoms with Crippen molar-refractivity contribution in [3.8, 4) is 0 Å². The van der Waals surface area contributed by atoms with E-state index in [1.807, 2.05) is 12.3 Å². The highest BCUT2D eigenvalue weighted by Crippen LogP contribution is 2.20. The van der Waals surface area contributed by atoms with E-state index < -0.39 is 11.8 Å². The minimum absolute atomic E-state index is 0.0443. The number of thiazole rings is 1. The predicted molar refractivity (Wildman–Crippen MR) is 75.3 cm³/mol. The van der Waals surface area contributed by atoms with Crippen molar-refractivity contribution in [3.63, 3.8) is 0 Å². The molecular formula is C14H15FN2O2S. The van der Waals surface area contributed by atoms with Crippen molar-refractivity contribution in [2.24, 2.45) is 0 Å². The summed E-state index contributed by atoms with van der Waals surface area (Å²) in [6.07, 6.45) is 2.56. The minimum Gasteiger partial charge on any atom is -0.478 e. The normalized spacial score (nSPS) is 12.3. The molecule has 1 heterocycles. The monoisotopic (exact) mass is 294 g/mol. The Morgan fingerprint density at radius 1 is 1.55 bits per heavy atom. The molecule has 1 atom stereocenters. The molecule has 0 aliphatic heterocycles. The molecule has 6 heteroatoms. The maximum atomic E-state index is 13.7. The fourth-order valence-electron chi connectivity index (χ4n) is 1.89. The second-order valence-corrected chi connectivity index (χ2v) is 5.25. The lowest BCUT2D eigenvalue weighted by molar-refractivity contribution is 0.0696. The third-order valence-corrected chi connectivity index (χ3v) is 3.88. The van der Waals surface area contributed by atoms with Crippen LogP contribution in [0.1, 0.15) is 40.3 Å². The van der Waals surface area contributed by atoms with Crippen LogP contribution in [0, 0.1) is 5.82 Å². The molecule has 1 aromatic carbocycles. The van der Waals surface area contributed by atoms with Gasteiger partial charge in [-0.1, -0.05) is 6.92 Å². The van der Waals surface area contributed by atoms with Crippen molar-refractivity contribution in [1.29, 1.82) is 0 Å². The molecule has 0 aliphatic rings. The molecule has 0 saturated carbocycles. The van der Waals surface area contributed by atoms with Crippen LogP contribution in [0.2, 0.25) is 0 Å². The van der Waals surface area contributed by atoms with Gasteiger partial charge in [0.2, 0.25) is 0 Å². The van der Waals surface area contributed by atoms with Crippen LogP contribution in [-0.4, -0.2) is 16.1 Å². The molecule has 0 spiro atoms. The van der Waals surface area contributed by atoms with Crippen molar-refractivity contribution in [2.75, 3.05) is 0 Å². The van der Waals surface area contributed by atoms with Gasteiger partial charge in [0, 0.05) is 23.7 Å². The lowest BCUT2D eigenvalue weighted by Gasteiger charge is -2.15. The molecule has 0 saturated heterocycles. The van der Waals surface area contributed by atoms with Crippen molar-refractivity contribution in [2.45, 2.75) is 25.9 Å². The summed E-state index contributed by atoms with van der Waals surface area (Å²) in [6, 6.07) is 3.85. The third kappa shape index (κ3) is 3.40. The summed E-state index contributed by atoms with van der Waals surface area (Å²) in [4.78, 5) is 15.1. The Labute approximate surface area is 120 Å². The van der Waals surface area contributed by atoms with Gasteiger partial charge in [0.1, 0.15) is 10.8 Å². The van der Waals surface area contributed by atoms with Gasteiger partial charge < -0.3 is 10.4 Å². The minimum atomic E-state index is -1.06. The summed E-state index contributed by atoms with van der Waals surface area (Å²) < 4.78 is 13.7. The van der Waals surface area contributed by atoms with Gasteiger partial charge in [0.15, 0.2) is 0 Å². The molecule has 2 rings (SSSR count). The van der Waals surface area contributed by atoms with Crippen LogP contribution < -0.4 is 5.32 Å². The predicted octanol–water partition coefficient (Wildman–Crippen LogP) is 3.22. The number of halogens is 1. The summed E-state index contributed by atoms with van der Waals surface area (Å²) in [5, 5.41) is 15.0. The molecule has 0 amide bonds. The summed E-state index contributed by atoms with van der Waals surface area (Å²) in [5.74, 6) is -1.46. The van der Waals surface area contributed by atoms with Gasteiger partial charge >= 0.3 is 5.97 Å². The number of carbonyl (C=O) groups is 1. The highest BCUT2D eigenvalue weighted by molar-refractivity contribution is 7.09. The second-order valence-electron chi connectivity index (χ2n) is 4.32. The molecule has 106 valence electrons. The van der Waals surface area contributed by atoms with E-state index in [2.05, 4.69) is 10.3 Å². The van der Waals surface area contributed by atoms with Gasteiger partial charge in [-0.15, -0.1) is 11.3 Å². The SMILES string of the molecule is CCC(NCc1cc(C(=O)O)ccc1F)c1nccs1. The van der Waals surface area contributed by atoms with Gasteiger partial charge in [0.05, 0.1) is 11.6 Å². The van der Waals surface area contributed by atoms with Crippen LogP contribution in [-0.2, 0) is 6.54 Å². The van der Waals surface area contributed by atoms with Crippen LogP contribution >= 0.6 is 11.3 Å². The van der Waals surface area contributed by atoms with Crippen molar-refractivity contribution < 1.29 is 14.3 Å². The summed E-state index contributed by atoms with van der Waals surface area (Å²) >= 11 is 1.54. The smallest absolute Gasteiger partial charge is 0.335 e. The number of benzene rings is 1. The molecule has 20 heavy (non-hydrogen) atoms. The second kappa shape index (κ2) is 6.58. The lowest BCUT2D eigenvalue weighted by Crippen LogP contribution is -2.21. The van der Waals surface area contributed by atoms with E-state index in [4.69, 9.17) is 5.11 Å². The van der Waals surface area contributed by atoms with E-state index in [-0.39, 0.29) is 18.2 Å². The standard InChI is InChI=1S/C14H15FN2O2S/c1-2-12(13-16-5-6-20-13)17-8-10-7-9(14(18)19)3-4-11(10)15/h3-7,12,17H,2,8H2,1H3,(H,18,19). The third-order valence-electron chi connectivity index (χ3n) is 2.99. The maximum absolute atomic E-state index is 13.7. The lowest BCUT2D eigenvalue weighted by atomic mass is 10.1. The summed E-state index contributed by atoms with van der Waals surface area (Å²) in [5.41, 5.74) is 0.436. The van der Waals surface area contributed by atoms with E-state index in [1.54, 1.807) is 17.5 Å². The first-order chi connectivity index (χ1) is 9.61. The zero-order valence-corrected chi connectivity index (χ0v) is 11.8. The first-order valence-electron chi connectivity index (χ1n) is 6.26. The highest BCUT2D eigenvalue weighted by atomic mass is 32.1. The fraction of sp³-hybridized carbons (Fsp3) is 0.286. The van der Waals surface area contributed by atoms with Gasteiger partial charge in [0.25, 0.3) is 0 Å². The Bertz CT molecular complexity index is 587. The number of aromatic carboxylic acids is 1. The molecule has 4 nitrogen and oxygen atoms in total. The van der Waals surface area contributed by atoms with Crippen LogP contribution in [0.5, 0.6) is 0 Å². The summed E-state index contributed by atoms with van der Waals surface area (Å²) in [7, 11) is 0. The number of carboxylic acid groups (broad SMARTS) is 1. The van der Waals surface area contributed by atoms with Crippen molar-refractivity contribution >= 4 is 17.3 Å². The highest BCUT2D eigenvalue weighted by Gasteiger charge is 2.13. The molecule has 0 radical (unpaired) electrons. The first kappa shape index (κ1) is 14.6. The van der Waals surface area contributed by atoms with E-state index >= 15 is 0 Å². The average Bonchev–Trinajstić information content (AvgIpc) is 2.95. The topological polar surface area (TPSA) is 62.2 Å². The van der Waals surface area contributed by atoms with Crippen LogP contribution in [0.15, 0.2) is 29.8 Å². The fourth-order valence-corrected chi connectivity index (χ4v) is 2.69. The number of rotatable bonds is 6. The maximum Gasteiger partial charge on any atom is 0.335 e. The quantitative estimate of drug-likeness (QED) is 0.858. The Hall–Kier alpha value is -1.79. The molecular weight excluding hydrogens is 279 g/mol. The molecule has 1 aromatic heterocycles. The first-order valence-corrected chi connectivity index (χ1v) is 7.14. The van der Waals surface area contributed by atoms with Crippen molar-refractivity contribution in [3.05, 3.63) is 51.7 Å². The van der Waals surface area contributed by atoms with E-state index in [1.165, 1.54) is 18.2 Å². The molecule has 2 N–H and O–H groups in total. The Morgan fingerprint density at radius 3 is 2.95 bits per heavy atom. The molecule has 1 unspecified atom stereocenters. The van der Waals surface area contributed by atoms with Crippen LogP contribution in [0.25, 0.3) is 0 Å². The number of nitrogens with one attached hydrogen (secondary N) is 1. The molecule has 0 fully saturated rings. The number of hydrogen-bond acceptors (Lipinski definition) is 4. The number of nitrogens with zero attached hydrogens (tertiary/aromatic N) is 1. The molecule has 0 aliphatic carbocycles. The zero-order chi connectivity index (χ0) is 14.5. The largest absolute Gasteiger partial charge is 0.478 e. The number of hydrogen-bond donors (Lipinski definition) is 2. The van der Waals surface area contributed by atoms with E-state index in [0.29, 0.717) is 5.56 Å². The summed E-state index contributed by atoms with van der Waals surface area (Å²) in [6.45, 7) is 2.29. The average molecular weight is 294 g/mol. The van der Waals surface area contributed by atoms with Crippen LogP contribution in [0.4, 0.5) is 4.39 Å². The Morgan fingerprint density at radius 2 is 2.35 bits per heavy atom.